The van der Waals surface area contributed by atoms with Gasteiger partial charge < -0.3 is 12.6 Å². The smallest absolute Gasteiger partial charge is 0.783 e. The summed E-state index contributed by atoms with van der Waals surface area (Å²) in [5.74, 6) is 0.867. The average molecular weight is 326 g/mol. The van der Waals surface area contributed by atoms with Crippen LogP contribution in [0.3, 0.4) is 0 Å². The van der Waals surface area contributed by atoms with E-state index in [4.69, 9.17) is 12.6 Å². The molecule has 0 bridgehead atoms. The Morgan fingerprint density at radius 1 is 1.05 bits per heavy atom. The van der Waals surface area contributed by atoms with Crippen molar-refractivity contribution in [3.8, 4) is 0 Å². The minimum atomic E-state index is 0. The summed E-state index contributed by atoms with van der Waals surface area (Å²) in [7, 11) is 0. The van der Waals surface area contributed by atoms with Gasteiger partial charge in [0.1, 0.15) is 0 Å². The topological polar surface area (TPSA) is 0 Å². The molecule has 1 aromatic rings. The van der Waals surface area contributed by atoms with Crippen LogP contribution in [0.4, 0.5) is 0 Å². The van der Waals surface area contributed by atoms with Crippen LogP contribution in [0.25, 0.3) is 0 Å². The molecule has 2 heteroatoms. The standard InChI is InChI=1S/C13H18S.C5H5.Fe/c14-13(12-8-4-5-9-12)10-11-6-2-1-3-7-11;1-2-4-5-3-1;/h4-5,8-9,11,14H,1-3,6-7,10H2;1-5H;/q;-1;+2/p-1. The second-order valence-corrected chi connectivity index (χ2v) is 5.76. The minimum absolute atomic E-state index is 0. The van der Waals surface area contributed by atoms with Crippen molar-refractivity contribution in [2.75, 3.05) is 0 Å². The van der Waals surface area contributed by atoms with Crippen molar-refractivity contribution in [2.24, 2.45) is 5.92 Å². The van der Waals surface area contributed by atoms with E-state index in [1.807, 2.05) is 30.3 Å². The summed E-state index contributed by atoms with van der Waals surface area (Å²) >= 11 is 5.46. The van der Waals surface area contributed by atoms with Gasteiger partial charge in [-0.3, -0.25) is 0 Å². The van der Waals surface area contributed by atoms with Gasteiger partial charge in [-0.25, -0.2) is 12.1 Å². The monoisotopic (exact) mass is 326 g/mol. The molecular weight excluding hydrogens is 304 g/mol. The molecule has 1 saturated carbocycles. The Morgan fingerprint density at radius 3 is 2.15 bits per heavy atom. The molecule has 3 rings (SSSR count). The molecule has 1 aromatic carbocycles. The third-order valence-electron chi connectivity index (χ3n) is 3.74. The Hall–Kier alpha value is -0.691. The van der Waals surface area contributed by atoms with Gasteiger partial charge in [-0.15, -0.1) is 0 Å². The number of allylic oxidation sites excluding steroid dienone is 6. The molecular formula is C18H22FeS. The van der Waals surface area contributed by atoms with Crippen LogP contribution in [0.2, 0.25) is 0 Å². The maximum Gasteiger partial charge on any atom is 2.00 e. The Labute approximate surface area is 139 Å². The molecule has 0 unspecified atom stereocenters. The minimum Gasteiger partial charge on any atom is -0.783 e. The zero-order chi connectivity index (χ0) is 13.3. The summed E-state index contributed by atoms with van der Waals surface area (Å²) in [5, 5.41) is 0. The third-order valence-corrected chi connectivity index (χ3v) is 4.14. The molecule has 0 radical (unpaired) electrons. The predicted octanol–water partition coefficient (Wildman–Crippen LogP) is 5.29. The maximum atomic E-state index is 5.46. The van der Waals surface area contributed by atoms with Crippen LogP contribution in [0.1, 0.15) is 38.5 Å². The summed E-state index contributed by atoms with van der Waals surface area (Å²) in [4.78, 5) is 1.17. The second kappa shape index (κ2) is 10.1. The number of hydrogen-bond acceptors (Lipinski definition) is 1. The molecule has 0 amide bonds. The van der Waals surface area contributed by atoms with E-state index in [0.29, 0.717) is 0 Å². The van der Waals surface area contributed by atoms with Gasteiger partial charge in [0.2, 0.25) is 0 Å². The first kappa shape index (κ1) is 17.4. The van der Waals surface area contributed by atoms with Gasteiger partial charge in [0.05, 0.1) is 0 Å². The normalized spacial score (nSPS) is 17.3. The molecule has 2 aliphatic carbocycles. The number of rotatable bonds is 2. The van der Waals surface area contributed by atoms with E-state index in [-0.39, 0.29) is 17.1 Å². The fourth-order valence-electron chi connectivity index (χ4n) is 2.65. The van der Waals surface area contributed by atoms with Crippen molar-refractivity contribution in [1.82, 2.24) is 0 Å². The van der Waals surface area contributed by atoms with E-state index in [9.17, 15) is 0 Å². The second-order valence-electron chi connectivity index (χ2n) is 5.27. The fourth-order valence-corrected chi connectivity index (χ4v) is 3.02. The van der Waals surface area contributed by atoms with E-state index in [1.165, 1.54) is 42.6 Å². The zero-order valence-electron chi connectivity index (χ0n) is 11.8. The van der Waals surface area contributed by atoms with Crippen molar-refractivity contribution < 1.29 is 17.1 Å². The Kier molecular flexibility index (Phi) is 8.76. The van der Waals surface area contributed by atoms with Crippen molar-refractivity contribution >= 4 is 12.6 Å². The molecule has 0 N–H and O–H groups in total. The first-order chi connectivity index (χ1) is 9.36. The van der Waals surface area contributed by atoms with Crippen LogP contribution < -0.4 is 0 Å². The summed E-state index contributed by atoms with van der Waals surface area (Å²) in [6.45, 7) is 0. The molecule has 20 heavy (non-hydrogen) atoms. The van der Waals surface area contributed by atoms with Gasteiger partial charge in [-0.2, -0.15) is 23.1 Å². The Bertz CT molecular complexity index is 403. The van der Waals surface area contributed by atoms with E-state index in [1.54, 1.807) is 0 Å². The van der Waals surface area contributed by atoms with Gasteiger partial charge in [-0.05, 0) is 17.9 Å². The average Bonchev–Trinajstić information content (AvgIpc) is 3.16. The van der Waals surface area contributed by atoms with Gasteiger partial charge in [0, 0.05) is 0 Å². The Morgan fingerprint density at radius 2 is 1.65 bits per heavy atom. The fraction of sp³-hybridized carbons (Fsp3) is 0.389. The summed E-state index contributed by atoms with van der Waals surface area (Å²) in [5.41, 5.74) is 1.27. The molecule has 0 aliphatic heterocycles. The van der Waals surface area contributed by atoms with Gasteiger partial charge in [0.15, 0.2) is 0 Å². The van der Waals surface area contributed by atoms with Gasteiger partial charge in [-0.1, -0.05) is 56.4 Å². The van der Waals surface area contributed by atoms with Gasteiger partial charge >= 0.3 is 17.1 Å². The van der Waals surface area contributed by atoms with Crippen LogP contribution in [0.5, 0.6) is 0 Å². The van der Waals surface area contributed by atoms with Gasteiger partial charge in [0.25, 0.3) is 0 Å². The van der Waals surface area contributed by atoms with Crippen LogP contribution in [-0.2, 0) is 29.7 Å². The Balaban J connectivity index is 0.000000283. The van der Waals surface area contributed by atoms with Crippen LogP contribution in [0.15, 0.2) is 65.1 Å². The SMILES string of the molecule is [Fe+2].[S-]C(CC1CCCCC1)=C1C=CC=C1.c1cc[cH-]c1. The van der Waals surface area contributed by atoms with E-state index in [2.05, 4.69) is 24.3 Å². The van der Waals surface area contributed by atoms with E-state index < -0.39 is 0 Å². The van der Waals surface area contributed by atoms with Crippen molar-refractivity contribution in [3.05, 3.63) is 65.1 Å². The van der Waals surface area contributed by atoms with Crippen LogP contribution >= 0.6 is 0 Å². The quantitative estimate of drug-likeness (QED) is 0.404. The van der Waals surface area contributed by atoms with Crippen molar-refractivity contribution in [2.45, 2.75) is 38.5 Å². The molecule has 1 fully saturated rings. The van der Waals surface area contributed by atoms with E-state index >= 15 is 0 Å². The third kappa shape index (κ3) is 6.17. The van der Waals surface area contributed by atoms with Crippen molar-refractivity contribution in [3.63, 3.8) is 0 Å². The largest absolute Gasteiger partial charge is 2.00 e. The predicted molar refractivity (Wildman–Crippen MR) is 85.9 cm³/mol. The first-order valence-electron chi connectivity index (χ1n) is 7.28. The maximum absolute atomic E-state index is 5.46. The molecule has 0 aromatic heterocycles. The first-order valence-corrected chi connectivity index (χ1v) is 7.68. The number of hydrogen-bond donors (Lipinski definition) is 0. The summed E-state index contributed by atoms with van der Waals surface area (Å²) in [6.07, 6.45) is 16.6. The molecule has 0 heterocycles. The van der Waals surface area contributed by atoms with Crippen LogP contribution in [0, 0.1) is 5.92 Å². The molecule has 0 atom stereocenters. The molecule has 0 spiro atoms. The summed E-state index contributed by atoms with van der Waals surface area (Å²) in [6, 6.07) is 10.0. The zero-order valence-corrected chi connectivity index (χ0v) is 13.7. The molecule has 0 saturated heterocycles. The van der Waals surface area contributed by atoms with Crippen molar-refractivity contribution in [1.29, 1.82) is 0 Å². The van der Waals surface area contributed by atoms with Crippen LogP contribution in [-0.4, -0.2) is 0 Å². The molecule has 108 valence electrons. The van der Waals surface area contributed by atoms with E-state index in [0.717, 1.165) is 12.3 Å². The molecule has 2 aliphatic rings. The molecule has 0 nitrogen and oxygen atoms in total. The summed E-state index contributed by atoms with van der Waals surface area (Å²) < 4.78 is 0.